The van der Waals surface area contributed by atoms with E-state index in [1.165, 1.54) is 9.65 Å². The van der Waals surface area contributed by atoms with E-state index in [1.807, 2.05) is 6.07 Å². The van der Waals surface area contributed by atoms with Crippen molar-refractivity contribution in [2.24, 2.45) is 0 Å². The molecule has 0 saturated heterocycles. The predicted octanol–water partition coefficient (Wildman–Crippen LogP) is 7.73. The Morgan fingerprint density at radius 2 is 1.44 bits per heavy atom. The molecule has 0 unspecified atom stereocenters. The van der Waals surface area contributed by atoms with E-state index >= 15 is 0 Å². The molecular formula is C22H34ClFOSiSn. The summed E-state index contributed by atoms with van der Waals surface area (Å²) in [5.74, 6) is 0.597. The van der Waals surface area contributed by atoms with Crippen LogP contribution in [0.4, 0.5) is 4.39 Å². The fraction of sp³-hybridized carbons (Fsp3) is 0.545. The fourth-order valence-electron chi connectivity index (χ4n) is 4.58. The molecule has 0 heterocycles. The first kappa shape index (κ1) is 23.0. The molecule has 0 aliphatic heterocycles. The molecular weight excluding hydrogens is 481 g/mol. The molecule has 0 bridgehead atoms. The summed E-state index contributed by atoms with van der Waals surface area (Å²) in [6.07, 6.45) is 0. The average molecular weight is 516 g/mol. The summed E-state index contributed by atoms with van der Waals surface area (Å²) in [5.41, 5.74) is 1.52. The second kappa shape index (κ2) is 8.23. The zero-order chi connectivity index (χ0) is 20.7. The standard InChI is InChI=1S/C19H25ClFOSi.3CH3.Sn/c1-12(2)23(13(3)4,14(5)6)22-16-8-9-17-15(11-16)7-10-18(21)19(17)20;;;;/h7-8,10-14H,1-6H3;3*1H3;. The van der Waals surface area contributed by atoms with E-state index in [9.17, 15) is 4.39 Å². The van der Waals surface area contributed by atoms with Gasteiger partial charge < -0.3 is 0 Å². The van der Waals surface area contributed by atoms with Crippen LogP contribution < -0.4 is 8.01 Å². The van der Waals surface area contributed by atoms with Crippen LogP contribution in [0.2, 0.25) is 36.5 Å². The normalized spacial score (nSPS) is 13.3. The van der Waals surface area contributed by atoms with Crippen LogP contribution in [-0.4, -0.2) is 26.7 Å². The van der Waals surface area contributed by atoms with Gasteiger partial charge in [0, 0.05) is 0 Å². The van der Waals surface area contributed by atoms with Crippen molar-refractivity contribution in [3.63, 3.8) is 0 Å². The Kier molecular flexibility index (Phi) is 7.02. The van der Waals surface area contributed by atoms with Crippen LogP contribution in [0.1, 0.15) is 41.5 Å². The summed E-state index contributed by atoms with van der Waals surface area (Å²) >= 11 is 3.83. The number of hydrogen-bond acceptors (Lipinski definition) is 1. The molecule has 0 amide bonds. The third-order valence-electron chi connectivity index (χ3n) is 5.79. The molecule has 0 fully saturated rings. The minimum absolute atomic E-state index is 0.251. The molecule has 2 aromatic rings. The van der Waals surface area contributed by atoms with Gasteiger partial charge in [0.15, 0.2) is 0 Å². The van der Waals surface area contributed by atoms with Crippen molar-refractivity contribution < 1.29 is 8.82 Å². The second-order valence-electron chi connectivity index (χ2n) is 9.60. The van der Waals surface area contributed by atoms with Gasteiger partial charge in [0.1, 0.15) is 0 Å². The molecule has 0 aromatic heterocycles. The monoisotopic (exact) mass is 516 g/mol. The maximum atomic E-state index is 14.2. The summed E-state index contributed by atoms with van der Waals surface area (Å²) in [4.78, 5) is 7.02. The molecule has 1 nitrogen and oxygen atoms in total. The number of benzene rings is 2. The minimum atomic E-state index is -2.57. The van der Waals surface area contributed by atoms with Gasteiger partial charge in [-0.2, -0.15) is 0 Å². The molecule has 2 rings (SSSR count). The molecule has 2 aromatic carbocycles. The van der Waals surface area contributed by atoms with Gasteiger partial charge in [-0.05, 0) is 0 Å². The molecule has 0 spiro atoms. The van der Waals surface area contributed by atoms with Crippen molar-refractivity contribution in [2.75, 3.05) is 0 Å². The van der Waals surface area contributed by atoms with Crippen LogP contribution in [0.3, 0.4) is 0 Å². The van der Waals surface area contributed by atoms with Crippen LogP contribution in [-0.2, 0) is 0 Å². The Hall–Kier alpha value is -0.264. The first-order valence-corrected chi connectivity index (χ1v) is 22.4. The van der Waals surface area contributed by atoms with Crippen LogP contribution in [0.15, 0.2) is 24.3 Å². The molecule has 27 heavy (non-hydrogen) atoms. The van der Waals surface area contributed by atoms with Gasteiger partial charge in [0.25, 0.3) is 0 Å². The van der Waals surface area contributed by atoms with E-state index in [0.29, 0.717) is 16.6 Å². The van der Waals surface area contributed by atoms with Crippen molar-refractivity contribution in [2.45, 2.75) is 73.0 Å². The van der Waals surface area contributed by atoms with E-state index < -0.39 is 26.7 Å². The number of rotatable bonds is 6. The van der Waals surface area contributed by atoms with Gasteiger partial charge in [0.05, 0.1) is 0 Å². The van der Waals surface area contributed by atoms with Crippen LogP contribution in [0, 0.1) is 5.82 Å². The Morgan fingerprint density at radius 3 is 1.89 bits per heavy atom. The van der Waals surface area contributed by atoms with Gasteiger partial charge in [0.2, 0.25) is 0 Å². The summed E-state index contributed by atoms with van der Waals surface area (Å²) < 4.78 is 22.3. The third-order valence-corrected chi connectivity index (χ3v) is 17.9. The Balaban J connectivity index is 2.75. The van der Waals surface area contributed by atoms with Crippen LogP contribution >= 0.6 is 11.6 Å². The number of halogens is 2. The first-order valence-electron chi connectivity index (χ1n) is 9.93. The SMILES string of the molecule is CC(C)[Si](Oc1c[c]([Sn]([CH3])([CH3])[CH3])c2c(Cl)c(F)ccc2c1)(C(C)C)C(C)C. The summed E-state index contributed by atoms with van der Waals surface area (Å²) in [6, 6.07) is 7.55. The Bertz CT molecular complexity index is 805. The zero-order valence-corrected chi connectivity index (χ0v) is 22.8. The molecule has 0 radical (unpaired) electrons. The van der Waals surface area contributed by atoms with Crippen molar-refractivity contribution in [3.8, 4) is 5.75 Å². The van der Waals surface area contributed by atoms with Crippen LogP contribution in [0.25, 0.3) is 10.8 Å². The van der Waals surface area contributed by atoms with Crippen LogP contribution in [0.5, 0.6) is 5.75 Å². The quantitative estimate of drug-likeness (QED) is 0.358. The van der Waals surface area contributed by atoms with Crippen molar-refractivity contribution in [3.05, 3.63) is 35.1 Å². The van der Waals surface area contributed by atoms with Gasteiger partial charge >= 0.3 is 175 Å². The molecule has 0 N–H and O–H groups in total. The summed E-state index contributed by atoms with van der Waals surface area (Å²) in [5, 5.41) is 2.12. The van der Waals surface area contributed by atoms with E-state index in [0.717, 1.165) is 16.5 Å². The molecule has 150 valence electrons. The predicted molar refractivity (Wildman–Crippen MR) is 124 cm³/mol. The summed E-state index contributed by atoms with van der Waals surface area (Å²) in [6.45, 7) is 13.8. The van der Waals surface area contributed by atoms with E-state index in [-0.39, 0.29) is 10.8 Å². The second-order valence-corrected chi connectivity index (χ2v) is 29.7. The van der Waals surface area contributed by atoms with Crippen molar-refractivity contribution in [1.82, 2.24) is 0 Å². The van der Waals surface area contributed by atoms with E-state index in [1.54, 1.807) is 0 Å². The number of fused-ring (bicyclic) bond motifs is 1. The number of hydrogen-bond donors (Lipinski definition) is 0. The zero-order valence-electron chi connectivity index (χ0n) is 18.2. The first-order chi connectivity index (χ1) is 12.3. The molecule has 5 heteroatoms. The average Bonchev–Trinajstić information content (AvgIpc) is 2.53. The fourth-order valence-corrected chi connectivity index (χ4v) is 14.9. The molecule has 0 aliphatic rings. The van der Waals surface area contributed by atoms with E-state index in [4.69, 9.17) is 16.0 Å². The van der Waals surface area contributed by atoms with Crippen molar-refractivity contribution >= 4 is 52.6 Å². The molecule has 0 saturated carbocycles. The maximum absolute atomic E-state index is 14.2. The van der Waals surface area contributed by atoms with Gasteiger partial charge in [-0.3, -0.25) is 0 Å². The molecule has 0 atom stereocenters. The van der Waals surface area contributed by atoms with Gasteiger partial charge in [-0.25, -0.2) is 0 Å². The Labute approximate surface area is 174 Å². The Morgan fingerprint density at radius 1 is 0.926 bits per heavy atom. The molecule has 0 aliphatic carbocycles. The third kappa shape index (κ3) is 4.35. The topological polar surface area (TPSA) is 9.23 Å². The van der Waals surface area contributed by atoms with Gasteiger partial charge in [-0.1, -0.05) is 0 Å². The van der Waals surface area contributed by atoms with Gasteiger partial charge in [-0.15, -0.1) is 0 Å². The summed E-state index contributed by atoms with van der Waals surface area (Å²) in [7, 11) is -2.05. The van der Waals surface area contributed by atoms with Crippen molar-refractivity contribution in [1.29, 1.82) is 0 Å². The van der Waals surface area contributed by atoms with E-state index in [2.05, 4.69) is 68.5 Å².